The fraction of sp³-hybridized carbons (Fsp3) is 0.316. The summed E-state index contributed by atoms with van der Waals surface area (Å²) in [5.74, 6) is 0.647. The van der Waals surface area contributed by atoms with Crippen molar-refractivity contribution in [1.29, 1.82) is 0 Å². The first-order chi connectivity index (χ1) is 11.3. The predicted molar refractivity (Wildman–Crippen MR) is 92.8 cm³/mol. The SMILES string of the molecule is CCc1cc(Oc2ccc(CC(N)C(=O)O)cc2C)cc(C)c1O. The van der Waals surface area contributed by atoms with Crippen LogP contribution in [0.5, 0.6) is 17.2 Å². The van der Waals surface area contributed by atoms with Gasteiger partial charge in [-0.1, -0.05) is 19.1 Å². The molecule has 0 radical (unpaired) electrons. The molecule has 0 aliphatic rings. The summed E-state index contributed by atoms with van der Waals surface area (Å²) in [5.41, 5.74) is 8.93. The maximum atomic E-state index is 10.8. The van der Waals surface area contributed by atoms with Gasteiger partial charge in [-0.05, 0) is 67.1 Å². The van der Waals surface area contributed by atoms with Gasteiger partial charge in [-0.3, -0.25) is 4.79 Å². The van der Waals surface area contributed by atoms with E-state index in [2.05, 4.69) is 0 Å². The Morgan fingerprint density at radius 2 is 1.92 bits per heavy atom. The third kappa shape index (κ3) is 4.06. The highest BCUT2D eigenvalue weighted by molar-refractivity contribution is 5.73. The van der Waals surface area contributed by atoms with Gasteiger partial charge in [-0.25, -0.2) is 0 Å². The van der Waals surface area contributed by atoms with E-state index in [4.69, 9.17) is 15.6 Å². The maximum absolute atomic E-state index is 10.8. The second-order valence-electron chi connectivity index (χ2n) is 5.95. The summed E-state index contributed by atoms with van der Waals surface area (Å²) in [7, 11) is 0. The van der Waals surface area contributed by atoms with Crippen molar-refractivity contribution < 1.29 is 19.7 Å². The number of phenolic OH excluding ortho intramolecular Hbond substituents is 1. The van der Waals surface area contributed by atoms with Gasteiger partial charge >= 0.3 is 5.97 Å². The molecule has 0 bridgehead atoms. The molecule has 0 fully saturated rings. The van der Waals surface area contributed by atoms with E-state index in [1.165, 1.54) is 0 Å². The van der Waals surface area contributed by atoms with E-state index in [1.54, 1.807) is 6.07 Å². The molecule has 0 spiro atoms. The van der Waals surface area contributed by atoms with E-state index < -0.39 is 12.0 Å². The van der Waals surface area contributed by atoms with Gasteiger partial charge in [-0.15, -0.1) is 0 Å². The lowest BCUT2D eigenvalue weighted by molar-refractivity contribution is -0.138. The van der Waals surface area contributed by atoms with Crippen LogP contribution in [0.15, 0.2) is 30.3 Å². The van der Waals surface area contributed by atoms with Crippen molar-refractivity contribution in [2.45, 2.75) is 39.7 Å². The van der Waals surface area contributed by atoms with Crippen molar-refractivity contribution in [1.82, 2.24) is 0 Å². The normalized spacial score (nSPS) is 12.0. The number of aryl methyl sites for hydroxylation is 3. The van der Waals surface area contributed by atoms with Crippen molar-refractivity contribution in [3.8, 4) is 17.2 Å². The van der Waals surface area contributed by atoms with E-state index >= 15 is 0 Å². The van der Waals surface area contributed by atoms with Crippen molar-refractivity contribution in [2.75, 3.05) is 0 Å². The number of benzene rings is 2. The van der Waals surface area contributed by atoms with Crippen LogP contribution in [0.25, 0.3) is 0 Å². The van der Waals surface area contributed by atoms with Gasteiger partial charge in [0.2, 0.25) is 0 Å². The molecule has 4 N–H and O–H groups in total. The summed E-state index contributed by atoms with van der Waals surface area (Å²) in [5, 5.41) is 18.9. The van der Waals surface area contributed by atoms with Crippen LogP contribution in [0.2, 0.25) is 0 Å². The molecular formula is C19H23NO4. The molecule has 0 heterocycles. The highest BCUT2D eigenvalue weighted by atomic mass is 16.5. The van der Waals surface area contributed by atoms with Gasteiger partial charge in [0, 0.05) is 0 Å². The highest BCUT2D eigenvalue weighted by Crippen LogP contribution is 2.32. The number of phenols is 1. The topological polar surface area (TPSA) is 92.8 Å². The summed E-state index contributed by atoms with van der Waals surface area (Å²) in [6.45, 7) is 5.72. The first-order valence-electron chi connectivity index (χ1n) is 7.90. The number of hydrogen-bond acceptors (Lipinski definition) is 4. The van der Waals surface area contributed by atoms with Gasteiger partial charge in [0.05, 0.1) is 0 Å². The minimum Gasteiger partial charge on any atom is -0.507 e. The Bertz CT molecular complexity index is 755. The fourth-order valence-corrected chi connectivity index (χ4v) is 2.57. The van der Waals surface area contributed by atoms with Crippen molar-refractivity contribution >= 4 is 5.97 Å². The summed E-state index contributed by atoms with van der Waals surface area (Å²) in [6, 6.07) is 8.22. The Hall–Kier alpha value is -2.53. The molecule has 2 aromatic rings. The Morgan fingerprint density at radius 1 is 1.21 bits per heavy atom. The van der Waals surface area contributed by atoms with E-state index in [-0.39, 0.29) is 6.42 Å². The molecule has 0 saturated heterocycles. The summed E-state index contributed by atoms with van der Waals surface area (Å²) >= 11 is 0. The second-order valence-corrected chi connectivity index (χ2v) is 5.95. The lowest BCUT2D eigenvalue weighted by atomic mass is 10.0. The van der Waals surface area contributed by atoms with Gasteiger partial charge in [0.25, 0.3) is 0 Å². The zero-order valence-corrected chi connectivity index (χ0v) is 14.2. The Balaban J connectivity index is 2.22. The van der Waals surface area contributed by atoms with Crippen LogP contribution in [0.3, 0.4) is 0 Å². The van der Waals surface area contributed by atoms with Crippen LogP contribution >= 0.6 is 0 Å². The molecule has 0 aliphatic heterocycles. The van der Waals surface area contributed by atoms with Crippen molar-refractivity contribution in [3.05, 3.63) is 52.6 Å². The van der Waals surface area contributed by atoms with E-state index in [9.17, 15) is 9.90 Å². The number of carboxylic acids is 1. The van der Waals surface area contributed by atoms with Gasteiger partial charge in [0.1, 0.15) is 23.3 Å². The van der Waals surface area contributed by atoms with Crippen LogP contribution in [-0.2, 0) is 17.6 Å². The number of nitrogens with two attached hydrogens (primary N) is 1. The average molecular weight is 329 g/mol. The minimum atomic E-state index is -1.01. The number of hydrogen-bond donors (Lipinski definition) is 3. The number of ether oxygens (including phenoxy) is 1. The fourth-order valence-electron chi connectivity index (χ4n) is 2.57. The molecule has 5 heteroatoms. The molecule has 2 aromatic carbocycles. The van der Waals surface area contributed by atoms with E-state index in [0.29, 0.717) is 17.2 Å². The zero-order chi connectivity index (χ0) is 17.9. The van der Waals surface area contributed by atoms with Gasteiger partial charge in [0.15, 0.2) is 0 Å². The van der Waals surface area contributed by atoms with Crippen LogP contribution in [0.4, 0.5) is 0 Å². The minimum absolute atomic E-state index is 0.273. The zero-order valence-electron chi connectivity index (χ0n) is 14.2. The van der Waals surface area contributed by atoms with E-state index in [1.807, 2.05) is 45.0 Å². The first kappa shape index (κ1) is 17.8. The quantitative estimate of drug-likeness (QED) is 0.756. The largest absolute Gasteiger partial charge is 0.507 e. The Labute approximate surface area is 141 Å². The predicted octanol–water partition coefficient (Wildman–Crippen LogP) is 3.32. The Morgan fingerprint density at radius 3 is 2.50 bits per heavy atom. The van der Waals surface area contributed by atoms with Crippen LogP contribution in [-0.4, -0.2) is 22.2 Å². The molecule has 2 rings (SSSR count). The molecule has 0 aliphatic carbocycles. The molecule has 128 valence electrons. The monoisotopic (exact) mass is 329 g/mol. The first-order valence-corrected chi connectivity index (χ1v) is 7.90. The summed E-state index contributed by atoms with van der Waals surface area (Å²) < 4.78 is 5.94. The number of aromatic hydroxyl groups is 1. The standard InChI is InChI=1S/C19H23NO4/c1-4-14-10-15(8-12(3)18(14)21)24-17-6-5-13(7-11(17)2)9-16(20)19(22)23/h5-8,10,16,21H,4,9,20H2,1-3H3,(H,22,23). The molecule has 1 unspecified atom stereocenters. The number of rotatable bonds is 6. The van der Waals surface area contributed by atoms with Crippen molar-refractivity contribution in [2.24, 2.45) is 5.73 Å². The van der Waals surface area contributed by atoms with Gasteiger partial charge < -0.3 is 20.7 Å². The Kier molecular flexibility index (Phi) is 5.46. The molecular weight excluding hydrogens is 306 g/mol. The second kappa shape index (κ2) is 7.36. The summed E-state index contributed by atoms with van der Waals surface area (Å²) in [6.07, 6.45) is 0.990. The van der Waals surface area contributed by atoms with Crippen LogP contribution < -0.4 is 10.5 Å². The molecule has 0 amide bonds. The molecule has 24 heavy (non-hydrogen) atoms. The smallest absolute Gasteiger partial charge is 0.320 e. The van der Waals surface area contributed by atoms with Crippen LogP contribution in [0.1, 0.15) is 29.2 Å². The molecule has 0 saturated carbocycles. The lowest BCUT2D eigenvalue weighted by Crippen LogP contribution is -2.32. The van der Waals surface area contributed by atoms with E-state index in [0.717, 1.165) is 28.7 Å². The molecule has 1 atom stereocenters. The number of carbonyl (C=O) groups is 1. The molecule has 0 aromatic heterocycles. The van der Waals surface area contributed by atoms with Crippen LogP contribution in [0, 0.1) is 13.8 Å². The van der Waals surface area contributed by atoms with Crippen molar-refractivity contribution in [3.63, 3.8) is 0 Å². The van der Waals surface area contributed by atoms with Gasteiger partial charge in [-0.2, -0.15) is 0 Å². The highest BCUT2D eigenvalue weighted by Gasteiger charge is 2.13. The third-order valence-corrected chi connectivity index (χ3v) is 3.97. The number of aliphatic carboxylic acids is 1. The average Bonchev–Trinajstić information content (AvgIpc) is 2.53. The summed E-state index contributed by atoms with van der Waals surface area (Å²) in [4.78, 5) is 10.8. The lowest BCUT2D eigenvalue weighted by Gasteiger charge is -2.14. The molecule has 5 nitrogen and oxygen atoms in total. The maximum Gasteiger partial charge on any atom is 0.320 e. The third-order valence-electron chi connectivity index (χ3n) is 3.97. The number of carboxylic acid groups (broad SMARTS) is 1.